The average molecular weight is 265 g/mol. The summed E-state index contributed by atoms with van der Waals surface area (Å²) < 4.78 is 6.98. The highest BCUT2D eigenvalue weighted by Gasteiger charge is 1.94. The molecule has 0 unspecified atom stereocenters. The molecule has 0 aromatic carbocycles. The molecule has 0 saturated carbocycles. The first kappa shape index (κ1) is 10.8. The van der Waals surface area contributed by atoms with Crippen molar-refractivity contribution in [3.63, 3.8) is 0 Å². The summed E-state index contributed by atoms with van der Waals surface area (Å²) in [7, 11) is 3.70. The van der Waals surface area contributed by atoms with Gasteiger partial charge in [-0.15, -0.1) is 0 Å². The molecule has 11 heavy (non-hydrogen) atoms. The van der Waals surface area contributed by atoms with Crippen LogP contribution in [0.15, 0.2) is 24.5 Å². The summed E-state index contributed by atoms with van der Waals surface area (Å²) >= 11 is 0. The highest BCUT2D eigenvalue weighted by atomic mass is 127. The van der Waals surface area contributed by atoms with Crippen LogP contribution >= 0.6 is 0 Å². The normalized spacial score (nSPS) is 8.91. The molecule has 62 valence electrons. The molecule has 0 aliphatic carbocycles. The Morgan fingerprint density at radius 3 is 2.82 bits per heavy atom. The topological polar surface area (TPSA) is 13.1 Å². The number of aryl methyl sites for hydroxylation is 1. The number of aromatic nitrogens is 1. The van der Waals surface area contributed by atoms with Gasteiger partial charge in [0, 0.05) is 18.7 Å². The number of halogens is 1. The number of rotatable bonds is 2. The summed E-state index contributed by atoms with van der Waals surface area (Å²) in [5, 5.41) is 0. The van der Waals surface area contributed by atoms with Crippen molar-refractivity contribution in [1.29, 1.82) is 0 Å². The van der Waals surface area contributed by atoms with Crippen LogP contribution in [-0.2, 0) is 18.4 Å². The van der Waals surface area contributed by atoms with Gasteiger partial charge < -0.3 is 28.7 Å². The van der Waals surface area contributed by atoms with Crippen molar-refractivity contribution < 1.29 is 33.3 Å². The third kappa shape index (κ3) is 3.67. The van der Waals surface area contributed by atoms with Crippen molar-refractivity contribution in [2.75, 3.05) is 7.11 Å². The second-order valence-electron chi connectivity index (χ2n) is 2.31. The number of pyridine rings is 1. The Labute approximate surface area is 84.2 Å². The van der Waals surface area contributed by atoms with E-state index in [0.717, 1.165) is 0 Å². The van der Waals surface area contributed by atoms with Gasteiger partial charge in [-0.1, -0.05) is 0 Å². The molecule has 0 spiro atoms. The summed E-state index contributed by atoms with van der Waals surface area (Å²) in [4.78, 5) is 0. The van der Waals surface area contributed by atoms with Crippen LogP contribution in [-0.4, -0.2) is 7.11 Å². The van der Waals surface area contributed by atoms with Gasteiger partial charge in [0.25, 0.3) is 0 Å². The molecule has 0 atom stereocenters. The van der Waals surface area contributed by atoms with E-state index >= 15 is 0 Å². The van der Waals surface area contributed by atoms with Gasteiger partial charge in [0.1, 0.15) is 7.05 Å². The Morgan fingerprint density at radius 1 is 1.55 bits per heavy atom. The Balaban J connectivity index is 0.000001000. The number of nitrogens with zero attached hydrogens (tertiary/aromatic N) is 1. The van der Waals surface area contributed by atoms with Crippen molar-refractivity contribution in [1.82, 2.24) is 0 Å². The van der Waals surface area contributed by atoms with Crippen molar-refractivity contribution in [2.45, 2.75) is 6.61 Å². The van der Waals surface area contributed by atoms with Crippen molar-refractivity contribution >= 4 is 0 Å². The third-order valence-electron chi connectivity index (χ3n) is 1.31. The SMILES string of the molecule is COCc1ccc[n+](C)c1.[I-]. The molecule has 0 saturated heterocycles. The quantitative estimate of drug-likeness (QED) is 0.431. The highest BCUT2D eigenvalue weighted by Crippen LogP contribution is 1.94. The van der Waals surface area contributed by atoms with Gasteiger partial charge >= 0.3 is 0 Å². The van der Waals surface area contributed by atoms with E-state index < -0.39 is 0 Å². The van der Waals surface area contributed by atoms with E-state index in [1.807, 2.05) is 36.1 Å². The molecule has 2 nitrogen and oxygen atoms in total. The van der Waals surface area contributed by atoms with E-state index in [-0.39, 0.29) is 24.0 Å². The van der Waals surface area contributed by atoms with Crippen LogP contribution in [0.1, 0.15) is 5.56 Å². The monoisotopic (exact) mass is 265 g/mol. The number of hydrogen-bond donors (Lipinski definition) is 0. The first-order valence-corrected chi connectivity index (χ1v) is 3.26. The van der Waals surface area contributed by atoms with Crippen LogP contribution < -0.4 is 28.5 Å². The van der Waals surface area contributed by atoms with Gasteiger partial charge in [-0.05, 0) is 6.07 Å². The number of methoxy groups -OCH3 is 1. The van der Waals surface area contributed by atoms with Crippen LogP contribution in [0.5, 0.6) is 0 Å². The van der Waals surface area contributed by atoms with E-state index in [1.54, 1.807) is 7.11 Å². The molecule has 1 heterocycles. The largest absolute Gasteiger partial charge is 1.00 e. The van der Waals surface area contributed by atoms with Crippen molar-refractivity contribution in [2.24, 2.45) is 7.05 Å². The molecule has 0 radical (unpaired) electrons. The molecular formula is C8H12INO. The van der Waals surface area contributed by atoms with E-state index in [4.69, 9.17) is 4.74 Å². The number of ether oxygens (including phenoxy) is 1. The van der Waals surface area contributed by atoms with Gasteiger partial charge in [0.05, 0.1) is 6.61 Å². The van der Waals surface area contributed by atoms with Crippen LogP contribution in [0.2, 0.25) is 0 Å². The van der Waals surface area contributed by atoms with Crippen LogP contribution in [0.25, 0.3) is 0 Å². The maximum atomic E-state index is 4.97. The molecule has 1 rings (SSSR count). The predicted octanol–water partition coefficient (Wildman–Crippen LogP) is -2.34. The Morgan fingerprint density at radius 2 is 2.27 bits per heavy atom. The molecule has 0 N–H and O–H groups in total. The summed E-state index contributed by atoms with van der Waals surface area (Å²) in [6.07, 6.45) is 4.04. The molecule has 1 aromatic rings. The highest BCUT2D eigenvalue weighted by molar-refractivity contribution is 5.03. The second-order valence-corrected chi connectivity index (χ2v) is 2.31. The maximum Gasteiger partial charge on any atom is 0.174 e. The molecule has 0 amide bonds. The first-order chi connectivity index (χ1) is 4.83. The smallest absolute Gasteiger partial charge is 0.174 e. The summed E-state index contributed by atoms with van der Waals surface area (Å²) in [6, 6.07) is 4.05. The van der Waals surface area contributed by atoms with Gasteiger partial charge in [-0.25, -0.2) is 4.57 Å². The molecule has 1 aromatic heterocycles. The Kier molecular flexibility index (Phi) is 5.41. The minimum atomic E-state index is 0. The van der Waals surface area contributed by atoms with Crippen LogP contribution in [0, 0.1) is 0 Å². The fourth-order valence-electron chi connectivity index (χ4n) is 0.902. The lowest BCUT2D eigenvalue weighted by Crippen LogP contribution is -3.00. The average Bonchev–Trinajstić information content (AvgIpc) is 1.88. The Bertz CT molecular complexity index is 215. The zero-order valence-corrected chi connectivity index (χ0v) is 8.91. The maximum absolute atomic E-state index is 4.97. The lowest BCUT2D eigenvalue weighted by atomic mass is 10.3. The van der Waals surface area contributed by atoms with Gasteiger partial charge in [-0.2, -0.15) is 0 Å². The van der Waals surface area contributed by atoms with E-state index in [1.165, 1.54) is 5.56 Å². The summed E-state index contributed by atoms with van der Waals surface area (Å²) in [5.74, 6) is 0. The minimum absolute atomic E-state index is 0. The third-order valence-corrected chi connectivity index (χ3v) is 1.31. The zero-order chi connectivity index (χ0) is 7.40. The lowest BCUT2D eigenvalue weighted by Gasteiger charge is -1.94. The molecular weight excluding hydrogens is 253 g/mol. The van der Waals surface area contributed by atoms with Crippen LogP contribution in [0.3, 0.4) is 0 Å². The molecule has 0 aliphatic heterocycles. The molecule has 0 bridgehead atoms. The summed E-state index contributed by atoms with van der Waals surface area (Å²) in [6.45, 7) is 0.689. The molecule has 0 fully saturated rings. The van der Waals surface area contributed by atoms with Gasteiger partial charge in [0.2, 0.25) is 0 Å². The van der Waals surface area contributed by atoms with Gasteiger partial charge in [0.15, 0.2) is 12.4 Å². The van der Waals surface area contributed by atoms with Crippen LogP contribution in [0.4, 0.5) is 0 Å². The Hall–Kier alpha value is -0.160. The minimum Gasteiger partial charge on any atom is -1.00 e. The zero-order valence-electron chi connectivity index (χ0n) is 6.75. The van der Waals surface area contributed by atoms with Crippen molar-refractivity contribution in [3.8, 4) is 0 Å². The molecule has 0 aliphatic rings. The first-order valence-electron chi connectivity index (χ1n) is 3.26. The van der Waals surface area contributed by atoms with E-state index in [2.05, 4.69) is 0 Å². The van der Waals surface area contributed by atoms with Gasteiger partial charge in [-0.3, -0.25) is 0 Å². The van der Waals surface area contributed by atoms with Crippen molar-refractivity contribution in [3.05, 3.63) is 30.1 Å². The van der Waals surface area contributed by atoms with E-state index in [9.17, 15) is 0 Å². The fraction of sp³-hybridized carbons (Fsp3) is 0.375. The standard InChI is InChI=1S/C8H12NO.HI/c1-9-5-3-4-8(6-9)7-10-2;/h3-6H,7H2,1-2H3;1H/q+1;/p-1. The fourth-order valence-corrected chi connectivity index (χ4v) is 0.902. The predicted molar refractivity (Wildman–Crippen MR) is 38.3 cm³/mol. The van der Waals surface area contributed by atoms with E-state index in [0.29, 0.717) is 6.61 Å². The molecule has 3 heteroatoms. The summed E-state index contributed by atoms with van der Waals surface area (Å²) in [5.41, 5.74) is 1.20. The number of hydrogen-bond acceptors (Lipinski definition) is 1. The second kappa shape index (κ2) is 5.49. The lowest BCUT2D eigenvalue weighted by molar-refractivity contribution is -0.672.